The fourth-order valence-corrected chi connectivity index (χ4v) is 3.94. The van der Waals surface area contributed by atoms with Gasteiger partial charge >= 0.3 is 0 Å². The Balaban J connectivity index is 0.00000300. The Hall–Kier alpha value is -1.06. The highest BCUT2D eigenvalue weighted by molar-refractivity contribution is 14.0. The number of benzene rings is 1. The summed E-state index contributed by atoms with van der Waals surface area (Å²) in [5.41, 5.74) is 1.39. The molecule has 1 aliphatic carbocycles. The zero-order chi connectivity index (χ0) is 19.8. The molecule has 7 heteroatoms. The smallest absolute Gasteiger partial charge is 0.193 e. The summed E-state index contributed by atoms with van der Waals surface area (Å²) in [7, 11) is 3.49. The number of hydrogen-bond acceptors (Lipinski definition) is 4. The van der Waals surface area contributed by atoms with Gasteiger partial charge in [-0.05, 0) is 43.9 Å². The molecule has 2 aliphatic rings. The normalized spacial score (nSPS) is 19.4. The van der Waals surface area contributed by atoms with Crippen LogP contribution < -0.4 is 10.1 Å². The average Bonchev–Trinajstić information content (AvgIpc) is 3.46. The van der Waals surface area contributed by atoms with Gasteiger partial charge in [-0.25, -0.2) is 0 Å². The number of guanidine groups is 1. The van der Waals surface area contributed by atoms with Crippen molar-refractivity contribution in [3.05, 3.63) is 29.8 Å². The second-order valence-electron chi connectivity index (χ2n) is 7.70. The van der Waals surface area contributed by atoms with E-state index in [0.29, 0.717) is 5.92 Å². The molecule has 1 atom stereocenters. The van der Waals surface area contributed by atoms with Gasteiger partial charge in [0.2, 0.25) is 0 Å². The molecule has 0 spiro atoms. The van der Waals surface area contributed by atoms with Crippen LogP contribution in [0, 0.1) is 0 Å². The maximum absolute atomic E-state index is 5.28. The van der Waals surface area contributed by atoms with Crippen LogP contribution in [0.2, 0.25) is 0 Å². The van der Waals surface area contributed by atoms with E-state index in [0.717, 1.165) is 63.6 Å². The first kappa shape index (κ1) is 24.2. The lowest BCUT2D eigenvalue weighted by Gasteiger charge is -2.23. The third-order valence-electron chi connectivity index (χ3n) is 5.70. The zero-order valence-electron chi connectivity index (χ0n) is 18.1. The highest BCUT2D eigenvalue weighted by Gasteiger charge is 2.29. The van der Waals surface area contributed by atoms with E-state index in [9.17, 15) is 0 Å². The van der Waals surface area contributed by atoms with Crippen LogP contribution in [-0.4, -0.2) is 81.9 Å². The predicted octanol–water partition coefficient (Wildman–Crippen LogP) is 3.18. The van der Waals surface area contributed by atoms with Crippen LogP contribution in [0.3, 0.4) is 0 Å². The Labute approximate surface area is 193 Å². The summed E-state index contributed by atoms with van der Waals surface area (Å²) in [5, 5.41) is 3.49. The summed E-state index contributed by atoms with van der Waals surface area (Å²) >= 11 is 0. The van der Waals surface area contributed by atoms with Crippen molar-refractivity contribution >= 4 is 29.9 Å². The zero-order valence-corrected chi connectivity index (χ0v) is 20.4. The largest absolute Gasteiger partial charge is 0.497 e. The van der Waals surface area contributed by atoms with Crippen molar-refractivity contribution in [1.82, 2.24) is 15.1 Å². The van der Waals surface area contributed by atoms with E-state index in [4.69, 9.17) is 14.5 Å². The molecule has 3 rings (SSSR count). The number of halogens is 1. The van der Waals surface area contributed by atoms with Crippen LogP contribution in [0.25, 0.3) is 0 Å². The summed E-state index contributed by atoms with van der Waals surface area (Å²) in [6, 6.07) is 9.26. The predicted molar refractivity (Wildman–Crippen MR) is 130 cm³/mol. The molecule has 29 heavy (non-hydrogen) atoms. The van der Waals surface area contributed by atoms with Gasteiger partial charge in [0, 0.05) is 51.8 Å². The minimum absolute atomic E-state index is 0. The van der Waals surface area contributed by atoms with Gasteiger partial charge in [-0.15, -0.1) is 24.0 Å². The summed E-state index contributed by atoms with van der Waals surface area (Å²) < 4.78 is 10.5. The quantitative estimate of drug-likeness (QED) is 0.294. The Kier molecular flexibility index (Phi) is 10.5. The molecule has 0 aromatic heterocycles. The number of hydrogen-bond donors (Lipinski definition) is 1. The molecule has 1 aromatic carbocycles. The van der Waals surface area contributed by atoms with Crippen molar-refractivity contribution in [2.45, 2.75) is 38.1 Å². The highest BCUT2D eigenvalue weighted by atomic mass is 127. The summed E-state index contributed by atoms with van der Waals surface area (Å²) in [6.07, 6.45) is 3.81. The Morgan fingerprint density at radius 3 is 2.55 bits per heavy atom. The lowest BCUT2D eigenvalue weighted by molar-refractivity contribution is 0.145. The molecule has 1 aliphatic heterocycles. The van der Waals surface area contributed by atoms with E-state index in [1.807, 2.05) is 0 Å². The second kappa shape index (κ2) is 12.6. The van der Waals surface area contributed by atoms with Crippen LogP contribution in [0.15, 0.2) is 29.3 Å². The number of nitrogens with one attached hydrogen (secondary N) is 1. The molecular weight excluding hydrogens is 479 g/mol. The first-order valence-corrected chi connectivity index (χ1v) is 10.6. The lowest BCUT2D eigenvalue weighted by atomic mass is 9.98. The van der Waals surface area contributed by atoms with Crippen LogP contribution in [-0.2, 0) is 4.74 Å². The monoisotopic (exact) mass is 516 g/mol. The van der Waals surface area contributed by atoms with Gasteiger partial charge in [0.05, 0.1) is 20.3 Å². The number of methoxy groups -OCH3 is 2. The first-order valence-electron chi connectivity index (χ1n) is 10.6. The van der Waals surface area contributed by atoms with Gasteiger partial charge in [-0.3, -0.25) is 9.89 Å². The van der Waals surface area contributed by atoms with Gasteiger partial charge in [-0.2, -0.15) is 0 Å². The van der Waals surface area contributed by atoms with E-state index >= 15 is 0 Å². The SMILES string of the molecule is CCNC(=NCCN(CCOC)C1CC1)N1CCC(c2ccc(OC)cc2)C1.I. The topological polar surface area (TPSA) is 49.3 Å². The molecule has 1 heterocycles. The van der Waals surface area contributed by atoms with Crippen molar-refractivity contribution in [2.24, 2.45) is 4.99 Å². The van der Waals surface area contributed by atoms with Crippen molar-refractivity contribution in [2.75, 3.05) is 60.1 Å². The van der Waals surface area contributed by atoms with Crippen molar-refractivity contribution in [3.63, 3.8) is 0 Å². The molecule has 0 radical (unpaired) electrons. The molecule has 6 nitrogen and oxygen atoms in total. The minimum Gasteiger partial charge on any atom is -0.497 e. The Morgan fingerprint density at radius 2 is 1.93 bits per heavy atom. The summed E-state index contributed by atoms with van der Waals surface area (Å²) in [4.78, 5) is 9.88. The third-order valence-corrected chi connectivity index (χ3v) is 5.70. The molecule has 0 amide bonds. The summed E-state index contributed by atoms with van der Waals surface area (Å²) in [6.45, 7) is 8.78. The fraction of sp³-hybridized carbons (Fsp3) is 0.682. The number of aliphatic imine (C=N–C) groups is 1. The van der Waals surface area contributed by atoms with E-state index < -0.39 is 0 Å². The molecule has 1 N–H and O–H groups in total. The molecule has 1 saturated carbocycles. The molecular formula is C22H37IN4O2. The van der Waals surface area contributed by atoms with Gasteiger partial charge in [-0.1, -0.05) is 12.1 Å². The van der Waals surface area contributed by atoms with Gasteiger partial charge in [0.1, 0.15) is 5.75 Å². The molecule has 1 unspecified atom stereocenters. The Morgan fingerprint density at radius 1 is 1.17 bits per heavy atom. The van der Waals surface area contributed by atoms with Crippen molar-refractivity contribution in [1.29, 1.82) is 0 Å². The standard InChI is InChI=1S/C22H36N4O2.HI/c1-4-23-22(24-12-14-25(15-16-27-2)20-7-8-20)26-13-11-19(17-26)18-5-9-21(28-3)10-6-18;/h5-6,9-10,19-20H,4,7-8,11-17H2,1-3H3,(H,23,24);1H. The van der Waals surface area contributed by atoms with Crippen molar-refractivity contribution < 1.29 is 9.47 Å². The number of ether oxygens (including phenoxy) is 2. The molecule has 2 fully saturated rings. The maximum Gasteiger partial charge on any atom is 0.193 e. The van der Waals surface area contributed by atoms with E-state index in [1.165, 1.54) is 24.8 Å². The number of likely N-dealkylation sites (tertiary alicyclic amines) is 1. The molecule has 1 saturated heterocycles. The van der Waals surface area contributed by atoms with Gasteiger partial charge < -0.3 is 19.7 Å². The first-order chi connectivity index (χ1) is 13.7. The minimum atomic E-state index is 0. The molecule has 0 bridgehead atoms. The van der Waals surface area contributed by atoms with Crippen LogP contribution in [0.4, 0.5) is 0 Å². The third kappa shape index (κ3) is 7.29. The number of rotatable bonds is 10. The molecule has 1 aromatic rings. The highest BCUT2D eigenvalue weighted by Crippen LogP contribution is 2.29. The average molecular weight is 516 g/mol. The Bertz CT molecular complexity index is 622. The maximum atomic E-state index is 5.28. The number of nitrogens with zero attached hydrogens (tertiary/aromatic N) is 3. The second-order valence-corrected chi connectivity index (χ2v) is 7.70. The van der Waals surface area contributed by atoms with Crippen LogP contribution in [0.1, 0.15) is 37.7 Å². The van der Waals surface area contributed by atoms with Crippen LogP contribution in [0.5, 0.6) is 5.75 Å². The van der Waals surface area contributed by atoms with E-state index in [1.54, 1.807) is 14.2 Å². The van der Waals surface area contributed by atoms with E-state index in [-0.39, 0.29) is 24.0 Å². The summed E-state index contributed by atoms with van der Waals surface area (Å²) in [5.74, 6) is 2.53. The van der Waals surface area contributed by atoms with Gasteiger partial charge in [0.25, 0.3) is 0 Å². The molecule has 164 valence electrons. The van der Waals surface area contributed by atoms with E-state index in [2.05, 4.69) is 46.3 Å². The lowest BCUT2D eigenvalue weighted by Crippen LogP contribution is -2.40. The van der Waals surface area contributed by atoms with Crippen LogP contribution >= 0.6 is 24.0 Å². The van der Waals surface area contributed by atoms with Gasteiger partial charge in [0.15, 0.2) is 5.96 Å². The van der Waals surface area contributed by atoms with Crippen molar-refractivity contribution in [3.8, 4) is 5.75 Å². The fourth-order valence-electron chi connectivity index (χ4n) is 3.94.